The van der Waals surface area contributed by atoms with Gasteiger partial charge in [-0.1, -0.05) is 40.7 Å². The van der Waals surface area contributed by atoms with Crippen LogP contribution in [0.1, 0.15) is 23.6 Å². The Labute approximate surface area is 196 Å². The first kappa shape index (κ1) is 23.8. The van der Waals surface area contributed by atoms with E-state index < -0.39 is 17.7 Å². The molecule has 6 nitrogen and oxygen atoms in total. The number of hydrogen-bond donors (Lipinski definition) is 1. The smallest absolute Gasteiger partial charge is 0.295 e. The molecule has 3 rings (SSSR count). The summed E-state index contributed by atoms with van der Waals surface area (Å²) in [4.78, 5) is 29.6. The van der Waals surface area contributed by atoms with Gasteiger partial charge in [0.15, 0.2) is 0 Å². The lowest BCUT2D eigenvalue weighted by Gasteiger charge is -2.26. The summed E-state index contributed by atoms with van der Waals surface area (Å²) in [6, 6.07) is 13.6. The number of aliphatic hydroxyl groups is 1. The van der Waals surface area contributed by atoms with E-state index in [0.717, 1.165) is 16.6 Å². The van der Waals surface area contributed by atoms with Gasteiger partial charge >= 0.3 is 0 Å². The lowest BCUT2D eigenvalue weighted by molar-refractivity contribution is -0.139. The number of carbonyl (C=O) groups is 2. The fraction of sp³-hybridized carbons (Fsp3) is 0.280. The van der Waals surface area contributed by atoms with Crippen molar-refractivity contribution in [2.24, 2.45) is 0 Å². The maximum Gasteiger partial charge on any atom is 0.295 e. The minimum atomic E-state index is -0.677. The number of Topliss-reactive ketones (excluding diaryl/α,β-unsaturated/α-hetero) is 1. The van der Waals surface area contributed by atoms with Crippen LogP contribution >= 0.6 is 15.9 Å². The molecule has 2 aromatic carbocycles. The first-order chi connectivity index (χ1) is 15.3. The molecule has 1 saturated heterocycles. The van der Waals surface area contributed by atoms with E-state index in [4.69, 9.17) is 4.74 Å². The number of carbonyl (C=O) groups excluding carboxylic acids is 2. The van der Waals surface area contributed by atoms with Gasteiger partial charge in [0.05, 0.1) is 11.6 Å². The summed E-state index contributed by atoms with van der Waals surface area (Å²) in [6.45, 7) is 5.17. The van der Waals surface area contributed by atoms with Crippen LogP contribution in [-0.2, 0) is 9.59 Å². The highest BCUT2D eigenvalue weighted by molar-refractivity contribution is 9.10. The van der Waals surface area contributed by atoms with E-state index in [9.17, 15) is 14.7 Å². The van der Waals surface area contributed by atoms with E-state index in [1.807, 2.05) is 43.3 Å². The topological polar surface area (TPSA) is 70.1 Å². The summed E-state index contributed by atoms with van der Waals surface area (Å²) >= 11 is 3.47. The van der Waals surface area contributed by atoms with Crippen LogP contribution in [0.2, 0.25) is 0 Å². The quantitative estimate of drug-likeness (QED) is 0.240. The maximum absolute atomic E-state index is 13.0. The van der Waals surface area contributed by atoms with E-state index in [2.05, 4.69) is 22.5 Å². The number of likely N-dealkylation sites (tertiary alicyclic amines) is 1. The van der Waals surface area contributed by atoms with E-state index in [1.54, 1.807) is 35.2 Å². The van der Waals surface area contributed by atoms with Crippen molar-refractivity contribution in [3.63, 3.8) is 0 Å². The Morgan fingerprint density at radius 3 is 2.56 bits per heavy atom. The Morgan fingerprint density at radius 1 is 1.22 bits per heavy atom. The van der Waals surface area contributed by atoms with Gasteiger partial charge in [0.1, 0.15) is 18.1 Å². The summed E-state index contributed by atoms with van der Waals surface area (Å²) in [5, 5.41) is 11.1. The fourth-order valence-electron chi connectivity index (χ4n) is 3.71. The molecule has 0 spiro atoms. The molecular formula is C25H27BrN2O4. The standard InChI is InChI=1S/C25H27BrN2O4/c1-4-15-32-20-11-9-17(10-12-20)23(29)21-22(18-7-5-8-19(26)16-18)28(25(31)24(21)30)14-6-13-27(2)3/h4-5,7-12,16,22,29H,1,6,13-15H2,2-3H3/t22-/m0/s1. The van der Waals surface area contributed by atoms with Crippen molar-refractivity contribution in [2.45, 2.75) is 12.5 Å². The summed E-state index contributed by atoms with van der Waals surface area (Å²) in [6.07, 6.45) is 2.35. The summed E-state index contributed by atoms with van der Waals surface area (Å²) in [5.41, 5.74) is 1.30. The molecule has 1 N–H and O–H groups in total. The van der Waals surface area contributed by atoms with Crippen LogP contribution in [0.4, 0.5) is 0 Å². The molecule has 32 heavy (non-hydrogen) atoms. The van der Waals surface area contributed by atoms with Crippen LogP contribution in [0.25, 0.3) is 5.76 Å². The summed E-state index contributed by atoms with van der Waals surface area (Å²) in [5.74, 6) is -0.849. The Hall–Kier alpha value is -2.90. The zero-order chi connectivity index (χ0) is 23.3. The van der Waals surface area contributed by atoms with Gasteiger partial charge in [-0.15, -0.1) is 0 Å². The zero-order valence-corrected chi connectivity index (χ0v) is 19.8. The molecule has 1 atom stereocenters. The van der Waals surface area contributed by atoms with Gasteiger partial charge < -0.3 is 19.6 Å². The number of halogens is 1. The molecule has 1 aliphatic heterocycles. The van der Waals surface area contributed by atoms with Gasteiger partial charge in [0.25, 0.3) is 11.7 Å². The molecule has 1 heterocycles. The van der Waals surface area contributed by atoms with Gasteiger partial charge in [-0.25, -0.2) is 0 Å². The number of rotatable bonds is 9. The van der Waals surface area contributed by atoms with Gasteiger partial charge in [-0.3, -0.25) is 9.59 Å². The van der Waals surface area contributed by atoms with E-state index in [-0.39, 0.29) is 11.3 Å². The second-order valence-electron chi connectivity index (χ2n) is 7.83. The number of amides is 1. The minimum Gasteiger partial charge on any atom is -0.507 e. The Morgan fingerprint density at radius 2 is 1.94 bits per heavy atom. The second kappa shape index (κ2) is 10.6. The molecular weight excluding hydrogens is 472 g/mol. The molecule has 0 radical (unpaired) electrons. The Kier molecular flexibility index (Phi) is 7.88. The average Bonchev–Trinajstić information content (AvgIpc) is 3.02. The maximum atomic E-state index is 13.0. The predicted molar refractivity (Wildman–Crippen MR) is 128 cm³/mol. The third-order valence-electron chi connectivity index (χ3n) is 5.20. The molecule has 0 bridgehead atoms. The van der Waals surface area contributed by atoms with Gasteiger partial charge in [0, 0.05) is 16.6 Å². The van der Waals surface area contributed by atoms with Gasteiger partial charge in [0.2, 0.25) is 0 Å². The molecule has 1 fully saturated rings. The van der Waals surface area contributed by atoms with E-state index in [1.165, 1.54) is 0 Å². The highest BCUT2D eigenvalue weighted by Gasteiger charge is 2.45. The fourth-order valence-corrected chi connectivity index (χ4v) is 4.13. The molecule has 0 unspecified atom stereocenters. The van der Waals surface area contributed by atoms with Gasteiger partial charge in [-0.2, -0.15) is 0 Å². The molecule has 1 amide bonds. The van der Waals surface area contributed by atoms with E-state index >= 15 is 0 Å². The number of ether oxygens (including phenoxy) is 1. The number of ketones is 1. The lowest BCUT2D eigenvalue weighted by atomic mass is 9.95. The lowest BCUT2D eigenvalue weighted by Crippen LogP contribution is -2.32. The molecule has 168 valence electrons. The number of nitrogens with zero attached hydrogens (tertiary/aromatic N) is 2. The Bertz CT molecular complexity index is 1030. The number of benzene rings is 2. The molecule has 2 aromatic rings. The number of aliphatic hydroxyl groups excluding tert-OH is 1. The van der Waals surface area contributed by atoms with Gasteiger partial charge in [-0.05, 0) is 69.0 Å². The molecule has 7 heteroatoms. The van der Waals surface area contributed by atoms with Crippen LogP contribution in [0.15, 0.2) is 71.2 Å². The van der Waals surface area contributed by atoms with Crippen molar-refractivity contribution in [1.29, 1.82) is 0 Å². The van der Waals surface area contributed by atoms with Crippen LogP contribution < -0.4 is 4.74 Å². The Balaban J connectivity index is 2.03. The van der Waals surface area contributed by atoms with Crippen LogP contribution in [0.3, 0.4) is 0 Å². The predicted octanol–water partition coefficient (Wildman–Crippen LogP) is 4.39. The van der Waals surface area contributed by atoms with E-state index in [0.29, 0.717) is 30.9 Å². The van der Waals surface area contributed by atoms with Crippen LogP contribution in [-0.4, -0.2) is 60.4 Å². The van der Waals surface area contributed by atoms with Crippen molar-refractivity contribution in [1.82, 2.24) is 9.80 Å². The highest BCUT2D eigenvalue weighted by atomic mass is 79.9. The summed E-state index contributed by atoms with van der Waals surface area (Å²) in [7, 11) is 3.92. The SMILES string of the molecule is C=CCOc1ccc(C(O)=C2C(=O)C(=O)N(CCCN(C)C)[C@H]2c2cccc(Br)c2)cc1. The first-order valence-electron chi connectivity index (χ1n) is 10.4. The minimum absolute atomic E-state index is 0.0951. The second-order valence-corrected chi connectivity index (χ2v) is 8.74. The highest BCUT2D eigenvalue weighted by Crippen LogP contribution is 2.40. The molecule has 0 aromatic heterocycles. The average molecular weight is 499 g/mol. The van der Waals surface area contributed by atoms with Crippen molar-refractivity contribution in [3.05, 3.63) is 82.4 Å². The normalized spacial score (nSPS) is 17.8. The monoisotopic (exact) mass is 498 g/mol. The third kappa shape index (κ3) is 5.29. The van der Waals surface area contributed by atoms with Crippen molar-refractivity contribution in [3.8, 4) is 5.75 Å². The largest absolute Gasteiger partial charge is 0.507 e. The zero-order valence-electron chi connectivity index (χ0n) is 18.3. The molecule has 0 saturated carbocycles. The van der Waals surface area contributed by atoms with Crippen molar-refractivity contribution < 1.29 is 19.4 Å². The van der Waals surface area contributed by atoms with Crippen molar-refractivity contribution >= 4 is 33.4 Å². The van der Waals surface area contributed by atoms with Crippen LogP contribution in [0, 0.1) is 0 Å². The third-order valence-corrected chi connectivity index (χ3v) is 5.70. The molecule has 0 aliphatic carbocycles. The first-order valence-corrected chi connectivity index (χ1v) is 11.2. The molecule has 1 aliphatic rings. The van der Waals surface area contributed by atoms with Crippen LogP contribution in [0.5, 0.6) is 5.75 Å². The summed E-state index contributed by atoms with van der Waals surface area (Å²) < 4.78 is 6.31. The van der Waals surface area contributed by atoms with Crippen molar-refractivity contribution in [2.75, 3.05) is 33.8 Å². The number of hydrogen-bond acceptors (Lipinski definition) is 5.